The molecule has 0 unspecified atom stereocenters. The van der Waals surface area contributed by atoms with Gasteiger partial charge in [0.05, 0.1) is 6.54 Å². The molecule has 0 saturated heterocycles. The van der Waals surface area contributed by atoms with Gasteiger partial charge in [-0.15, -0.1) is 11.3 Å². The molecular weight excluding hydrogens is 318 g/mol. The third-order valence-corrected chi connectivity index (χ3v) is 3.26. The minimum Gasteiger partial charge on any atom is -0.250 e. The minimum atomic E-state index is 0.712. The van der Waals surface area contributed by atoms with Crippen molar-refractivity contribution in [3.05, 3.63) is 31.9 Å². The van der Waals surface area contributed by atoms with Crippen molar-refractivity contribution >= 4 is 43.2 Å². The molecule has 0 bridgehead atoms. The molecule has 6 heteroatoms. The lowest BCUT2D eigenvalue weighted by molar-refractivity contribution is 0.664. The molecule has 0 saturated carbocycles. The van der Waals surface area contributed by atoms with Gasteiger partial charge in [0.25, 0.3) is 0 Å². The van der Waals surface area contributed by atoms with Gasteiger partial charge in [-0.3, -0.25) is 4.68 Å². The molecule has 0 N–H and O–H groups in total. The molecule has 0 aromatic carbocycles. The van der Waals surface area contributed by atoms with Gasteiger partial charge in [0.1, 0.15) is 14.2 Å². The molecule has 2 rings (SSSR count). The van der Waals surface area contributed by atoms with Crippen LogP contribution in [-0.4, -0.2) is 14.8 Å². The molecule has 13 heavy (non-hydrogen) atoms. The molecule has 2 heterocycles. The van der Waals surface area contributed by atoms with Crippen LogP contribution in [0.25, 0.3) is 0 Å². The van der Waals surface area contributed by atoms with Crippen molar-refractivity contribution in [2.75, 3.05) is 0 Å². The molecule has 3 nitrogen and oxygen atoms in total. The number of aromatic nitrogens is 3. The fourth-order valence-electron chi connectivity index (χ4n) is 0.935. The first-order chi connectivity index (χ1) is 6.25. The average Bonchev–Trinajstić information content (AvgIpc) is 2.63. The van der Waals surface area contributed by atoms with Crippen molar-refractivity contribution in [3.8, 4) is 0 Å². The van der Waals surface area contributed by atoms with E-state index in [2.05, 4.69) is 41.9 Å². The number of nitrogens with zero attached hydrogens (tertiary/aromatic N) is 3. The van der Waals surface area contributed by atoms with Crippen LogP contribution in [0, 0.1) is 0 Å². The van der Waals surface area contributed by atoms with Crippen molar-refractivity contribution < 1.29 is 0 Å². The van der Waals surface area contributed by atoms with Crippen LogP contribution in [0.4, 0.5) is 0 Å². The van der Waals surface area contributed by atoms with Gasteiger partial charge in [0, 0.05) is 17.6 Å². The zero-order valence-corrected chi connectivity index (χ0v) is 10.4. The van der Waals surface area contributed by atoms with E-state index in [-0.39, 0.29) is 0 Å². The second kappa shape index (κ2) is 3.89. The van der Waals surface area contributed by atoms with Gasteiger partial charge in [-0.25, -0.2) is 4.98 Å². The largest absolute Gasteiger partial charge is 0.250 e. The second-order valence-electron chi connectivity index (χ2n) is 2.37. The van der Waals surface area contributed by atoms with Gasteiger partial charge in [-0.2, -0.15) is 5.10 Å². The van der Waals surface area contributed by atoms with E-state index in [0.717, 1.165) is 14.2 Å². The van der Waals surface area contributed by atoms with Crippen LogP contribution in [-0.2, 0) is 6.54 Å². The van der Waals surface area contributed by atoms with E-state index in [4.69, 9.17) is 0 Å². The molecule has 0 radical (unpaired) electrons. The lowest BCUT2D eigenvalue weighted by Crippen LogP contribution is -2.01. The summed E-state index contributed by atoms with van der Waals surface area (Å²) in [5.74, 6) is 0. The molecule has 0 fully saturated rings. The Hall–Kier alpha value is -0.200. The Bertz CT molecular complexity index is 396. The summed E-state index contributed by atoms with van der Waals surface area (Å²) in [6.45, 7) is 0.712. The Morgan fingerprint density at radius 1 is 1.46 bits per heavy atom. The quantitative estimate of drug-likeness (QED) is 0.851. The van der Waals surface area contributed by atoms with Crippen LogP contribution in [0.3, 0.4) is 0 Å². The zero-order valence-electron chi connectivity index (χ0n) is 6.44. The molecule has 0 amide bonds. The Balaban J connectivity index is 2.23. The summed E-state index contributed by atoms with van der Waals surface area (Å²) in [4.78, 5) is 4.18. The highest BCUT2D eigenvalue weighted by molar-refractivity contribution is 9.11. The van der Waals surface area contributed by atoms with Gasteiger partial charge in [0.15, 0.2) is 0 Å². The van der Waals surface area contributed by atoms with E-state index in [9.17, 15) is 0 Å². The molecule has 0 atom stereocenters. The third kappa shape index (κ3) is 2.18. The topological polar surface area (TPSA) is 30.7 Å². The summed E-state index contributed by atoms with van der Waals surface area (Å²) in [6, 6.07) is 1.91. The van der Waals surface area contributed by atoms with Crippen LogP contribution < -0.4 is 0 Å². The summed E-state index contributed by atoms with van der Waals surface area (Å²) in [6.07, 6.45) is 1.80. The van der Waals surface area contributed by atoms with Crippen molar-refractivity contribution in [3.63, 3.8) is 0 Å². The first kappa shape index (κ1) is 9.36. The van der Waals surface area contributed by atoms with Gasteiger partial charge < -0.3 is 0 Å². The number of hydrogen-bond acceptors (Lipinski definition) is 3. The zero-order chi connectivity index (χ0) is 9.26. The first-order valence-corrected chi connectivity index (χ1v) is 5.99. The summed E-state index contributed by atoms with van der Waals surface area (Å²) in [7, 11) is 0. The summed E-state index contributed by atoms with van der Waals surface area (Å²) in [5, 5.41) is 7.25. The Labute approximate surface area is 96.1 Å². The van der Waals surface area contributed by atoms with E-state index in [1.807, 2.05) is 16.1 Å². The van der Waals surface area contributed by atoms with Crippen molar-refractivity contribution in [1.29, 1.82) is 0 Å². The van der Waals surface area contributed by atoms with E-state index in [1.165, 1.54) is 0 Å². The predicted molar refractivity (Wildman–Crippen MR) is 58.8 cm³/mol. The normalized spacial score (nSPS) is 10.6. The molecular formula is C7H5Br2N3S. The van der Waals surface area contributed by atoms with Gasteiger partial charge in [-0.05, 0) is 31.9 Å². The smallest absolute Gasteiger partial charge is 0.129 e. The van der Waals surface area contributed by atoms with Crippen LogP contribution in [0.1, 0.15) is 5.01 Å². The maximum absolute atomic E-state index is 4.24. The molecule has 0 aliphatic heterocycles. The molecule has 0 aliphatic rings. The van der Waals surface area contributed by atoms with Crippen molar-refractivity contribution in [2.45, 2.75) is 6.54 Å². The van der Waals surface area contributed by atoms with Crippen molar-refractivity contribution in [2.24, 2.45) is 0 Å². The van der Waals surface area contributed by atoms with E-state index < -0.39 is 0 Å². The van der Waals surface area contributed by atoms with Crippen LogP contribution in [0.2, 0.25) is 0 Å². The van der Waals surface area contributed by atoms with Gasteiger partial charge >= 0.3 is 0 Å². The van der Waals surface area contributed by atoms with Crippen LogP contribution in [0.5, 0.6) is 0 Å². The number of halogens is 2. The van der Waals surface area contributed by atoms with E-state index >= 15 is 0 Å². The van der Waals surface area contributed by atoms with E-state index in [0.29, 0.717) is 6.54 Å². The number of thiazole rings is 1. The van der Waals surface area contributed by atoms with Gasteiger partial charge in [-0.1, -0.05) is 0 Å². The molecule has 0 spiro atoms. The minimum absolute atomic E-state index is 0.712. The maximum atomic E-state index is 4.24. The molecule has 2 aromatic heterocycles. The standard InChI is InChI=1S/C7H5Br2N3S/c8-5-3-6(9)12(11-5)4-7-10-1-2-13-7/h1-3H,4H2. The molecule has 2 aromatic rings. The highest BCUT2D eigenvalue weighted by atomic mass is 79.9. The summed E-state index contributed by atoms with van der Waals surface area (Å²) < 4.78 is 3.63. The average molecular weight is 323 g/mol. The monoisotopic (exact) mass is 321 g/mol. The maximum Gasteiger partial charge on any atom is 0.129 e. The van der Waals surface area contributed by atoms with Crippen molar-refractivity contribution in [1.82, 2.24) is 14.8 Å². The first-order valence-electron chi connectivity index (χ1n) is 3.53. The predicted octanol–water partition coefficient (Wildman–Crippen LogP) is 2.91. The fraction of sp³-hybridized carbons (Fsp3) is 0.143. The fourth-order valence-corrected chi connectivity index (χ4v) is 2.67. The summed E-state index contributed by atoms with van der Waals surface area (Å²) >= 11 is 8.35. The van der Waals surface area contributed by atoms with E-state index in [1.54, 1.807) is 17.5 Å². The SMILES string of the molecule is Brc1cc(Br)n(Cc2nccs2)n1. The Kier molecular flexibility index (Phi) is 2.80. The number of hydrogen-bond donors (Lipinski definition) is 0. The highest BCUT2D eigenvalue weighted by Crippen LogP contribution is 2.18. The third-order valence-electron chi connectivity index (χ3n) is 1.47. The molecule has 68 valence electrons. The Morgan fingerprint density at radius 2 is 2.31 bits per heavy atom. The number of rotatable bonds is 2. The molecule has 0 aliphatic carbocycles. The van der Waals surface area contributed by atoms with Crippen LogP contribution >= 0.6 is 43.2 Å². The van der Waals surface area contributed by atoms with Gasteiger partial charge in [0.2, 0.25) is 0 Å². The second-order valence-corrected chi connectivity index (χ2v) is 4.98. The lowest BCUT2D eigenvalue weighted by atomic mass is 10.6. The highest BCUT2D eigenvalue weighted by Gasteiger charge is 2.04. The Morgan fingerprint density at radius 3 is 2.85 bits per heavy atom. The summed E-state index contributed by atoms with van der Waals surface area (Å²) in [5.41, 5.74) is 0. The van der Waals surface area contributed by atoms with Crippen LogP contribution in [0.15, 0.2) is 26.8 Å². The lowest BCUT2D eigenvalue weighted by Gasteiger charge is -1.98.